The van der Waals surface area contributed by atoms with E-state index in [2.05, 4.69) is 15.9 Å². The van der Waals surface area contributed by atoms with Crippen LogP contribution in [-0.2, 0) is 4.79 Å². The third kappa shape index (κ3) is 2.62. The fourth-order valence-electron chi connectivity index (χ4n) is 0.824. The highest BCUT2D eigenvalue weighted by molar-refractivity contribution is 9.10. The van der Waals surface area contributed by atoms with E-state index in [0.29, 0.717) is 15.2 Å². The number of benzene rings is 1. The van der Waals surface area contributed by atoms with Gasteiger partial charge in [0.2, 0.25) is 0 Å². The fraction of sp³-hybridized carbons (Fsp3) is 0.222. The first-order valence-corrected chi connectivity index (χ1v) is 5.09. The zero-order chi connectivity index (χ0) is 10.7. The molecule has 0 aliphatic carbocycles. The van der Waals surface area contributed by atoms with Gasteiger partial charge in [0.05, 0.1) is 9.50 Å². The van der Waals surface area contributed by atoms with Crippen LogP contribution in [0.15, 0.2) is 22.7 Å². The highest BCUT2D eigenvalue weighted by atomic mass is 79.9. The lowest BCUT2D eigenvalue weighted by molar-refractivity contribution is -0.124. The predicted octanol–water partition coefficient (Wildman–Crippen LogP) is 2.36. The number of carbonyl (C=O) groups is 1. The molecule has 2 N–H and O–H groups in total. The molecule has 0 aliphatic heterocycles. The van der Waals surface area contributed by atoms with Crippen molar-refractivity contribution in [3.8, 4) is 5.75 Å². The molecule has 0 heterocycles. The van der Waals surface area contributed by atoms with Gasteiger partial charge in [-0.05, 0) is 35.0 Å². The lowest BCUT2D eigenvalue weighted by Crippen LogP contribution is -2.30. The molecule has 14 heavy (non-hydrogen) atoms. The van der Waals surface area contributed by atoms with Crippen molar-refractivity contribution in [2.24, 2.45) is 5.73 Å². The van der Waals surface area contributed by atoms with Crippen molar-refractivity contribution in [2.75, 3.05) is 0 Å². The summed E-state index contributed by atoms with van der Waals surface area (Å²) in [5, 5.41) is 0.527. The maximum Gasteiger partial charge on any atom is 0.258 e. The Hall–Kier alpha value is -0.740. The molecule has 0 saturated heterocycles. The van der Waals surface area contributed by atoms with Crippen LogP contribution < -0.4 is 10.5 Å². The van der Waals surface area contributed by atoms with Crippen LogP contribution in [0.1, 0.15) is 6.92 Å². The van der Waals surface area contributed by atoms with Gasteiger partial charge in [-0.25, -0.2) is 0 Å². The first-order valence-electron chi connectivity index (χ1n) is 3.92. The maximum atomic E-state index is 10.7. The van der Waals surface area contributed by atoms with E-state index in [1.807, 2.05) is 0 Å². The second-order valence-corrected chi connectivity index (χ2v) is 3.91. The average molecular weight is 279 g/mol. The fourth-order valence-corrected chi connectivity index (χ4v) is 1.35. The summed E-state index contributed by atoms with van der Waals surface area (Å²) in [6.07, 6.45) is -0.676. The van der Waals surface area contributed by atoms with Gasteiger partial charge in [0, 0.05) is 0 Å². The lowest BCUT2D eigenvalue weighted by Gasteiger charge is -2.12. The van der Waals surface area contributed by atoms with Crippen LogP contribution in [-0.4, -0.2) is 12.0 Å². The van der Waals surface area contributed by atoms with E-state index in [0.717, 1.165) is 0 Å². The summed E-state index contributed by atoms with van der Waals surface area (Å²) >= 11 is 9.08. The van der Waals surface area contributed by atoms with Gasteiger partial charge in [-0.3, -0.25) is 4.79 Å². The van der Waals surface area contributed by atoms with Crippen molar-refractivity contribution in [1.29, 1.82) is 0 Å². The van der Waals surface area contributed by atoms with E-state index in [4.69, 9.17) is 22.1 Å². The van der Waals surface area contributed by atoms with Crippen LogP contribution in [0.25, 0.3) is 0 Å². The Bertz CT molecular complexity index is 357. The van der Waals surface area contributed by atoms with Crippen molar-refractivity contribution in [2.45, 2.75) is 13.0 Å². The second kappa shape index (κ2) is 4.66. The van der Waals surface area contributed by atoms with Crippen molar-refractivity contribution in [3.05, 3.63) is 27.7 Å². The standard InChI is InChI=1S/C9H9BrClNO2/c1-5(9(12)13)14-7-4-2-3-6(11)8(7)10/h2-5H,1H3,(H2,12,13). The molecular formula is C9H9BrClNO2. The smallest absolute Gasteiger partial charge is 0.258 e. The zero-order valence-electron chi connectivity index (χ0n) is 7.46. The summed E-state index contributed by atoms with van der Waals surface area (Å²) < 4.78 is 5.90. The number of ether oxygens (including phenoxy) is 1. The second-order valence-electron chi connectivity index (χ2n) is 2.71. The highest BCUT2D eigenvalue weighted by Crippen LogP contribution is 2.32. The summed E-state index contributed by atoms with van der Waals surface area (Å²) in [6, 6.07) is 5.15. The van der Waals surface area contributed by atoms with Gasteiger partial charge in [-0.15, -0.1) is 0 Å². The molecule has 0 bridgehead atoms. The maximum absolute atomic E-state index is 10.7. The molecule has 0 radical (unpaired) electrons. The Morgan fingerprint density at radius 2 is 2.29 bits per heavy atom. The van der Waals surface area contributed by atoms with Crippen molar-refractivity contribution < 1.29 is 9.53 Å². The molecule has 1 aromatic carbocycles. The van der Waals surface area contributed by atoms with E-state index < -0.39 is 12.0 Å². The summed E-state index contributed by atoms with van der Waals surface area (Å²) in [7, 11) is 0. The molecule has 5 heteroatoms. The van der Waals surface area contributed by atoms with Gasteiger partial charge >= 0.3 is 0 Å². The van der Waals surface area contributed by atoms with E-state index in [1.165, 1.54) is 0 Å². The third-order valence-electron chi connectivity index (χ3n) is 1.62. The number of halogens is 2. The number of rotatable bonds is 3. The van der Waals surface area contributed by atoms with Crippen LogP contribution in [0, 0.1) is 0 Å². The van der Waals surface area contributed by atoms with Crippen LogP contribution in [0.2, 0.25) is 5.02 Å². The Morgan fingerprint density at radius 3 is 2.86 bits per heavy atom. The van der Waals surface area contributed by atoms with Crippen LogP contribution >= 0.6 is 27.5 Å². The van der Waals surface area contributed by atoms with E-state index in [9.17, 15) is 4.79 Å². The molecule has 0 fully saturated rings. The minimum absolute atomic E-state index is 0.504. The van der Waals surface area contributed by atoms with Gasteiger partial charge in [0.15, 0.2) is 6.10 Å². The van der Waals surface area contributed by atoms with E-state index in [-0.39, 0.29) is 0 Å². The molecule has 1 aromatic rings. The van der Waals surface area contributed by atoms with Gasteiger partial charge in [-0.2, -0.15) is 0 Å². The molecule has 3 nitrogen and oxygen atoms in total. The van der Waals surface area contributed by atoms with E-state index in [1.54, 1.807) is 25.1 Å². The first kappa shape index (κ1) is 11.3. The molecule has 1 atom stereocenters. The minimum atomic E-state index is -0.676. The van der Waals surface area contributed by atoms with Gasteiger partial charge < -0.3 is 10.5 Å². The Balaban J connectivity index is 2.87. The molecule has 76 valence electrons. The van der Waals surface area contributed by atoms with Crippen molar-refractivity contribution in [1.82, 2.24) is 0 Å². The van der Waals surface area contributed by atoms with Gasteiger partial charge in [0.25, 0.3) is 5.91 Å². The number of amides is 1. The van der Waals surface area contributed by atoms with Gasteiger partial charge in [-0.1, -0.05) is 17.7 Å². The van der Waals surface area contributed by atoms with E-state index >= 15 is 0 Å². The predicted molar refractivity (Wildman–Crippen MR) is 58.4 cm³/mol. The lowest BCUT2D eigenvalue weighted by atomic mass is 10.3. The topological polar surface area (TPSA) is 52.3 Å². The number of carbonyl (C=O) groups excluding carboxylic acids is 1. The summed E-state index contributed by atoms with van der Waals surface area (Å²) in [5.41, 5.74) is 5.06. The molecular weight excluding hydrogens is 269 g/mol. The zero-order valence-corrected chi connectivity index (χ0v) is 9.80. The number of nitrogens with two attached hydrogens (primary N) is 1. The molecule has 0 spiro atoms. The summed E-state index contributed by atoms with van der Waals surface area (Å²) in [5.74, 6) is -0.0133. The van der Waals surface area contributed by atoms with Crippen molar-refractivity contribution >= 4 is 33.4 Å². The monoisotopic (exact) mass is 277 g/mol. The number of primary amides is 1. The largest absolute Gasteiger partial charge is 0.480 e. The average Bonchev–Trinajstić information content (AvgIpc) is 2.12. The number of hydrogen-bond donors (Lipinski definition) is 1. The molecule has 0 aromatic heterocycles. The molecule has 1 unspecified atom stereocenters. The first-order chi connectivity index (χ1) is 6.52. The number of hydrogen-bond acceptors (Lipinski definition) is 2. The highest BCUT2D eigenvalue weighted by Gasteiger charge is 2.13. The van der Waals surface area contributed by atoms with Crippen molar-refractivity contribution in [3.63, 3.8) is 0 Å². The van der Waals surface area contributed by atoms with Crippen LogP contribution in [0.4, 0.5) is 0 Å². The van der Waals surface area contributed by atoms with Crippen LogP contribution in [0.3, 0.4) is 0 Å². The SMILES string of the molecule is CC(Oc1cccc(Cl)c1Br)C(N)=O. The third-order valence-corrected chi connectivity index (χ3v) is 2.98. The Morgan fingerprint density at radius 1 is 1.64 bits per heavy atom. The Kier molecular flexibility index (Phi) is 3.77. The van der Waals surface area contributed by atoms with Gasteiger partial charge in [0.1, 0.15) is 5.75 Å². The van der Waals surface area contributed by atoms with Crippen LogP contribution in [0.5, 0.6) is 5.75 Å². The molecule has 1 amide bonds. The molecule has 1 rings (SSSR count). The normalized spacial score (nSPS) is 12.2. The minimum Gasteiger partial charge on any atom is -0.480 e. The molecule has 0 aliphatic rings. The summed E-state index contributed by atoms with van der Waals surface area (Å²) in [6.45, 7) is 1.58. The molecule has 0 saturated carbocycles. The Labute approximate surface area is 95.3 Å². The quantitative estimate of drug-likeness (QED) is 0.923. The summed E-state index contributed by atoms with van der Waals surface area (Å²) in [4.78, 5) is 10.7.